The monoisotopic (exact) mass is 356 g/mol. The van der Waals surface area contributed by atoms with E-state index in [1.54, 1.807) is 17.4 Å². The summed E-state index contributed by atoms with van der Waals surface area (Å²) in [6, 6.07) is 6.49. The second-order valence-corrected chi connectivity index (χ2v) is 5.94. The van der Waals surface area contributed by atoms with Crippen LogP contribution in [0.5, 0.6) is 5.75 Å². The first-order valence-electron chi connectivity index (χ1n) is 5.84. The molecule has 106 valence electrons. The van der Waals surface area contributed by atoms with Gasteiger partial charge < -0.3 is 10.1 Å². The molecule has 0 amide bonds. The van der Waals surface area contributed by atoms with Gasteiger partial charge in [-0.1, -0.05) is 0 Å². The van der Waals surface area contributed by atoms with Crippen molar-refractivity contribution in [1.82, 2.24) is 0 Å². The Hall–Kier alpha value is -1.60. The van der Waals surface area contributed by atoms with Crippen LogP contribution in [0.2, 0.25) is 0 Å². The lowest BCUT2D eigenvalue weighted by Gasteiger charge is -2.16. The maximum absolute atomic E-state index is 10.9. The van der Waals surface area contributed by atoms with Crippen LogP contribution < -0.4 is 10.1 Å². The number of rotatable bonds is 5. The van der Waals surface area contributed by atoms with E-state index in [4.69, 9.17) is 4.74 Å². The number of hydrogen-bond donors (Lipinski definition) is 1. The molecule has 7 heteroatoms. The van der Waals surface area contributed by atoms with E-state index in [1.165, 1.54) is 19.2 Å². The number of thiophene rings is 1. The first kappa shape index (κ1) is 14.8. The summed E-state index contributed by atoms with van der Waals surface area (Å²) in [6.07, 6.45) is 0. The Morgan fingerprint density at radius 3 is 2.75 bits per heavy atom. The number of nitro groups is 1. The molecule has 0 saturated heterocycles. The highest BCUT2D eigenvalue weighted by molar-refractivity contribution is 9.10. The predicted molar refractivity (Wildman–Crippen MR) is 83.7 cm³/mol. The van der Waals surface area contributed by atoms with E-state index in [2.05, 4.69) is 21.2 Å². The summed E-state index contributed by atoms with van der Waals surface area (Å²) in [7, 11) is 1.54. The molecule has 0 radical (unpaired) electrons. The fourth-order valence-electron chi connectivity index (χ4n) is 1.84. The zero-order valence-electron chi connectivity index (χ0n) is 10.9. The Bertz CT molecular complexity index is 630. The summed E-state index contributed by atoms with van der Waals surface area (Å²) in [6.45, 7) is 1.99. The summed E-state index contributed by atoms with van der Waals surface area (Å²) in [5, 5.41) is 16.1. The SMILES string of the molecule is COc1ccc([N+](=O)[O-])cc1NC(C)c1sccc1Br. The van der Waals surface area contributed by atoms with Crippen molar-refractivity contribution in [3.63, 3.8) is 0 Å². The van der Waals surface area contributed by atoms with Gasteiger partial charge in [0.2, 0.25) is 0 Å². The van der Waals surface area contributed by atoms with Crippen LogP contribution in [0.1, 0.15) is 17.8 Å². The van der Waals surface area contributed by atoms with E-state index in [9.17, 15) is 10.1 Å². The summed E-state index contributed by atoms with van der Waals surface area (Å²) in [4.78, 5) is 11.6. The molecular formula is C13H13BrN2O3S. The fourth-order valence-corrected chi connectivity index (χ4v) is 3.56. The molecule has 1 aromatic heterocycles. The van der Waals surface area contributed by atoms with Crippen molar-refractivity contribution in [1.29, 1.82) is 0 Å². The molecule has 0 saturated carbocycles. The fraction of sp³-hybridized carbons (Fsp3) is 0.231. The van der Waals surface area contributed by atoms with Gasteiger partial charge in [-0.2, -0.15) is 0 Å². The third kappa shape index (κ3) is 3.10. The molecule has 1 aromatic carbocycles. The van der Waals surface area contributed by atoms with Crippen LogP contribution in [0.4, 0.5) is 11.4 Å². The molecule has 5 nitrogen and oxygen atoms in total. The van der Waals surface area contributed by atoms with Crippen LogP contribution in [0, 0.1) is 10.1 Å². The number of non-ortho nitro benzene ring substituents is 1. The molecule has 0 spiro atoms. The van der Waals surface area contributed by atoms with Gasteiger partial charge in [-0.3, -0.25) is 10.1 Å². The third-order valence-corrected chi connectivity index (χ3v) is 4.86. The van der Waals surface area contributed by atoms with E-state index in [0.717, 1.165) is 9.35 Å². The molecule has 20 heavy (non-hydrogen) atoms. The highest BCUT2D eigenvalue weighted by Gasteiger charge is 2.16. The van der Waals surface area contributed by atoms with Gasteiger partial charge in [0, 0.05) is 21.5 Å². The van der Waals surface area contributed by atoms with Crippen molar-refractivity contribution in [3.8, 4) is 5.75 Å². The van der Waals surface area contributed by atoms with Gasteiger partial charge in [0.25, 0.3) is 5.69 Å². The van der Waals surface area contributed by atoms with Crippen LogP contribution in [0.25, 0.3) is 0 Å². The highest BCUT2D eigenvalue weighted by Crippen LogP contribution is 2.35. The Morgan fingerprint density at radius 1 is 1.45 bits per heavy atom. The number of nitrogens with one attached hydrogen (secondary N) is 1. The number of halogens is 1. The summed E-state index contributed by atoms with van der Waals surface area (Å²) in [5.41, 5.74) is 0.639. The average Bonchev–Trinajstić information content (AvgIpc) is 2.84. The van der Waals surface area contributed by atoms with Gasteiger partial charge in [0.15, 0.2) is 0 Å². The first-order valence-corrected chi connectivity index (χ1v) is 7.52. The topological polar surface area (TPSA) is 64.4 Å². The largest absolute Gasteiger partial charge is 0.495 e. The van der Waals surface area contributed by atoms with Gasteiger partial charge in [0.05, 0.1) is 23.8 Å². The second-order valence-electron chi connectivity index (χ2n) is 4.14. The lowest BCUT2D eigenvalue weighted by Crippen LogP contribution is -2.07. The third-order valence-electron chi connectivity index (χ3n) is 2.80. The first-order chi connectivity index (χ1) is 9.52. The minimum absolute atomic E-state index is 0.0141. The van der Waals surface area contributed by atoms with E-state index < -0.39 is 4.92 Å². The summed E-state index contributed by atoms with van der Waals surface area (Å²) < 4.78 is 6.26. The summed E-state index contributed by atoms with van der Waals surface area (Å²) >= 11 is 5.10. The van der Waals surface area contributed by atoms with E-state index in [-0.39, 0.29) is 11.7 Å². The summed E-state index contributed by atoms with van der Waals surface area (Å²) in [5.74, 6) is 0.579. The minimum atomic E-state index is -0.420. The zero-order valence-corrected chi connectivity index (χ0v) is 13.3. The standard InChI is InChI=1S/C13H13BrN2O3S/c1-8(13-10(14)5-6-20-13)15-11-7-9(16(17)18)3-4-12(11)19-2/h3-8,15H,1-2H3. The van der Waals surface area contributed by atoms with Crippen molar-refractivity contribution in [2.45, 2.75) is 13.0 Å². The zero-order chi connectivity index (χ0) is 14.7. The number of nitro benzene ring substituents is 1. The van der Waals surface area contributed by atoms with Crippen molar-refractivity contribution < 1.29 is 9.66 Å². The Labute approximate surface area is 128 Å². The number of methoxy groups -OCH3 is 1. The van der Waals surface area contributed by atoms with Crippen molar-refractivity contribution in [2.75, 3.05) is 12.4 Å². The van der Waals surface area contributed by atoms with Crippen molar-refractivity contribution >= 4 is 38.6 Å². The quantitative estimate of drug-likeness (QED) is 0.627. The number of anilines is 1. The number of nitrogens with zero attached hydrogens (tertiary/aromatic N) is 1. The smallest absolute Gasteiger partial charge is 0.271 e. The van der Waals surface area contributed by atoms with Crippen LogP contribution in [0.3, 0.4) is 0 Å². The second kappa shape index (κ2) is 6.23. The normalized spacial score (nSPS) is 11.9. The van der Waals surface area contributed by atoms with Gasteiger partial charge >= 0.3 is 0 Å². The molecule has 0 aliphatic carbocycles. The highest BCUT2D eigenvalue weighted by atomic mass is 79.9. The molecule has 0 aliphatic heterocycles. The molecule has 2 rings (SSSR count). The molecule has 1 atom stereocenters. The Balaban J connectivity index is 2.29. The van der Waals surface area contributed by atoms with Gasteiger partial charge in [-0.15, -0.1) is 11.3 Å². The predicted octanol–water partition coefficient (Wildman–Crippen LogP) is 4.60. The van der Waals surface area contributed by atoms with E-state index in [1.807, 2.05) is 18.4 Å². The van der Waals surface area contributed by atoms with E-state index >= 15 is 0 Å². The van der Waals surface area contributed by atoms with E-state index in [0.29, 0.717) is 11.4 Å². The maximum atomic E-state index is 10.9. The lowest BCUT2D eigenvalue weighted by molar-refractivity contribution is -0.384. The number of hydrogen-bond acceptors (Lipinski definition) is 5. The van der Waals surface area contributed by atoms with Crippen LogP contribution in [0.15, 0.2) is 34.1 Å². The molecule has 1 heterocycles. The average molecular weight is 357 g/mol. The molecule has 1 N–H and O–H groups in total. The molecule has 0 fully saturated rings. The Morgan fingerprint density at radius 2 is 2.20 bits per heavy atom. The molecular weight excluding hydrogens is 344 g/mol. The Kier molecular flexibility index (Phi) is 4.61. The van der Waals surface area contributed by atoms with Crippen molar-refractivity contribution in [3.05, 3.63) is 49.1 Å². The van der Waals surface area contributed by atoms with Gasteiger partial charge in [-0.05, 0) is 40.4 Å². The van der Waals surface area contributed by atoms with Gasteiger partial charge in [0.1, 0.15) is 5.75 Å². The maximum Gasteiger partial charge on any atom is 0.271 e. The lowest BCUT2D eigenvalue weighted by atomic mass is 10.2. The molecule has 2 aromatic rings. The van der Waals surface area contributed by atoms with Crippen LogP contribution in [-0.2, 0) is 0 Å². The number of benzene rings is 1. The van der Waals surface area contributed by atoms with Crippen molar-refractivity contribution in [2.24, 2.45) is 0 Å². The molecule has 1 unspecified atom stereocenters. The minimum Gasteiger partial charge on any atom is -0.495 e. The van der Waals surface area contributed by atoms with Crippen LogP contribution >= 0.6 is 27.3 Å². The van der Waals surface area contributed by atoms with Gasteiger partial charge in [-0.25, -0.2) is 0 Å². The molecule has 0 aliphatic rings. The molecule has 0 bridgehead atoms. The van der Waals surface area contributed by atoms with Crippen LogP contribution in [-0.4, -0.2) is 12.0 Å². The number of ether oxygens (including phenoxy) is 1.